The average molecular weight is 166 g/mol. The summed E-state index contributed by atoms with van der Waals surface area (Å²) in [7, 11) is 0. The number of nitrogens with one attached hydrogen (secondary N) is 1. The molecule has 0 saturated carbocycles. The van der Waals surface area contributed by atoms with E-state index in [-0.39, 0.29) is 0 Å². The quantitative estimate of drug-likeness (QED) is 0.534. The largest absolute Gasteiger partial charge is 0.360 e. The molecule has 0 radical (unpaired) electrons. The maximum Gasteiger partial charge on any atom is 0.150 e. The zero-order chi connectivity index (χ0) is 8.81. The summed E-state index contributed by atoms with van der Waals surface area (Å²) in [6.07, 6.45) is 2.66. The van der Waals surface area contributed by atoms with E-state index in [1.807, 2.05) is 13.0 Å². The molecule has 1 aromatic rings. The van der Waals surface area contributed by atoms with E-state index in [9.17, 15) is 0 Å². The highest BCUT2D eigenvalue weighted by molar-refractivity contribution is 4.93. The molecule has 66 valence electrons. The fourth-order valence-corrected chi connectivity index (χ4v) is 0.847. The number of rotatable bonds is 5. The molecule has 0 spiro atoms. The zero-order valence-corrected chi connectivity index (χ0v) is 7.34. The first-order valence-corrected chi connectivity index (χ1v) is 4.03. The van der Waals surface area contributed by atoms with E-state index >= 15 is 0 Å². The molecule has 0 aliphatic heterocycles. The van der Waals surface area contributed by atoms with Gasteiger partial charge in [0.1, 0.15) is 5.76 Å². The molecule has 1 heterocycles. The lowest BCUT2D eigenvalue weighted by molar-refractivity contribution is 0.373. The summed E-state index contributed by atoms with van der Waals surface area (Å²) in [5.74, 6) is 0.872. The van der Waals surface area contributed by atoms with Crippen LogP contribution in [0.15, 0.2) is 28.9 Å². The highest BCUT2D eigenvalue weighted by atomic mass is 16.5. The molecule has 1 rings (SSSR count). The maximum atomic E-state index is 4.91. The van der Waals surface area contributed by atoms with Crippen LogP contribution in [0.4, 0.5) is 0 Å². The van der Waals surface area contributed by atoms with Gasteiger partial charge in [0.2, 0.25) is 0 Å². The monoisotopic (exact) mass is 166 g/mol. The van der Waals surface area contributed by atoms with E-state index in [0.29, 0.717) is 0 Å². The van der Waals surface area contributed by atoms with Crippen molar-refractivity contribution in [3.05, 3.63) is 30.2 Å². The normalized spacial score (nSPS) is 10.1. The van der Waals surface area contributed by atoms with Gasteiger partial charge in [-0.3, -0.25) is 0 Å². The summed E-state index contributed by atoms with van der Waals surface area (Å²) >= 11 is 0. The van der Waals surface area contributed by atoms with E-state index in [1.165, 1.54) is 5.57 Å². The molecule has 0 saturated heterocycles. The van der Waals surface area contributed by atoms with E-state index < -0.39 is 0 Å². The minimum absolute atomic E-state index is 0.743. The fraction of sp³-hybridized carbons (Fsp3) is 0.444. The van der Waals surface area contributed by atoms with Crippen LogP contribution in [0.2, 0.25) is 0 Å². The van der Waals surface area contributed by atoms with Gasteiger partial charge in [0.15, 0.2) is 0 Å². The van der Waals surface area contributed by atoms with E-state index in [2.05, 4.69) is 17.1 Å². The highest BCUT2D eigenvalue weighted by Gasteiger charge is 1.94. The first-order chi connectivity index (χ1) is 5.79. The first kappa shape index (κ1) is 9.00. The van der Waals surface area contributed by atoms with E-state index in [1.54, 1.807) is 6.20 Å². The highest BCUT2D eigenvalue weighted by Crippen LogP contribution is 1.96. The molecular weight excluding hydrogens is 152 g/mol. The standard InChI is InChI=1S/C9H14N2O/c1-8(2)3-5-10-7-9-4-6-11-12-9/h4,6,10H,1,3,5,7H2,2H3. The summed E-state index contributed by atoms with van der Waals surface area (Å²) in [4.78, 5) is 0. The Kier molecular flexibility index (Phi) is 3.54. The van der Waals surface area contributed by atoms with Crippen LogP contribution in [-0.2, 0) is 6.54 Å². The Morgan fingerprint density at radius 2 is 2.58 bits per heavy atom. The summed E-state index contributed by atoms with van der Waals surface area (Å²) < 4.78 is 4.91. The van der Waals surface area contributed by atoms with Crippen LogP contribution in [0.5, 0.6) is 0 Å². The van der Waals surface area contributed by atoms with Crippen LogP contribution < -0.4 is 5.32 Å². The van der Waals surface area contributed by atoms with Crippen molar-refractivity contribution in [1.82, 2.24) is 10.5 Å². The minimum Gasteiger partial charge on any atom is -0.360 e. The van der Waals surface area contributed by atoms with Crippen LogP contribution in [0, 0.1) is 0 Å². The van der Waals surface area contributed by atoms with Gasteiger partial charge in [-0.05, 0) is 19.9 Å². The van der Waals surface area contributed by atoms with E-state index in [0.717, 1.165) is 25.3 Å². The van der Waals surface area contributed by atoms with Gasteiger partial charge in [-0.25, -0.2) is 0 Å². The molecule has 1 N–H and O–H groups in total. The van der Waals surface area contributed by atoms with Gasteiger partial charge in [0.25, 0.3) is 0 Å². The summed E-state index contributed by atoms with van der Waals surface area (Å²) in [6.45, 7) is 7.52. The average Bonchev–Trinajstić information content (AvgIpc) is 2.49. The zero-order valence-electron chi connectivity index (χ0n) is 7.34. The van der Waals surface area contributed by atoms with Gasteiger partial charge in [-0.1, -0.05) is 10.7 Å². The predicted octanol–water partition coefficient (Wildman–Crippen LogP) is 1.73. The SMILES string of the molecule is C=C(C)CCNCc1ccno1. The molecule has 0 aliphatic carbocycles. The van der Waals surface area contributed by atoms with Crippen molar-refractivity contribution < 1.29 is 4.52 Å². The Morgan fingerprint density at radius 3 is 3.17 bits per heavy atom. The summed E-state index contributed by atoms with van der Waals surface area (Å²) in [6, 6.07) is 1.85. The van der Waals surface area contributed by atoms with Gasteiger partial charge >= 0.3 is 0 Å². The van der Waals surface area contributed by atoms with Gasteiger partial charge in [0.05, 0.1) is 12.7 Å². The second kappa shape index (κ2) is 4.72. The summed E-state index contributed by atoms with van der Waals surface area (Å²) in [5, 5.41) is 6.83. The lowest BCUT2D eigenvalue weighted by Gasteiger charge is -2.00. The predicted molar refractivity (Wildman–Crippen MR) is 47.6 cm³/mol. The second-order valence-electron chi connectivity index (χ2n) is 2.86. The van der Waals surface area contributed by atoms with E-state index in [4.69, 9.17) is 4.52 Å². The Morgan fingerprint density at radius 1 is 1.75 bits per heavy atom. The van der Waals surface area contributed by atoms with Crippen molar-refractivity contribution in [2.45, 2.75) is 19.9 Å². The summed E-state index contributed by atoms with van der Waals surface area (Å²) in [5.41, 5.74) is 1.19. The van der Waals surface area contributed by atoms with Crippen molar-refractivity contribution in [1.29, 1.82) is 0 Å². The van der Waals surface area contributed by atoms with Crippen molar-refractivity contribution in [2.75, 3.05) is 6.54 Å². The molecule has 12 heavy (non-hydrogen) atoms. The Balaban J connectivity index is 2.07. The molecule has 0 atom stereocenters. The molecule has 0 fully saturated rings. The third-order valence-electron chi connectivity index (χ3n) is 1.52. The molecule has 0 aliphatic rings. The Labute approximate surface area is 72.4 Å². The molecule has 0 unspecified atom stereocenters. The molecule has 0 bridgehead atoms. The number of hydrogen-bond acceptors (Lipinski definition) is 3. The van der Waals surface area contributed by atoms with Gasteiger partial charge in [-0.2, -0.15) is 0 Å². The number of nitrogens with zero attached hydrogens (tertiary/aromatic N) is 1. The molecule has 1 aromatic heterocycles. The third kappa shape index (κ3) is 3.34. The lowest BCUT2D eigenvalue weighted by atomic mass is 10.2. The number of hydrogen-bond donors (Lipinski definition) is 1. The minimum atomic E-state index is 0.743. The van der Waals surface area contributed by atoms with Crippen LogP contribution in [0.1, 0.15) is 19.1 Å². The molecule has 3 nitrogen and oxygen atoms in total. The van der Waals surface area contributed by atoms with Gasteiger partial charge < -0.3 is 9.84 Å². The molecule has 0 amide bonds. The van der Waals surface area contributed by atoms with Crippen molar-refractivity contribution >= 4 is 0 Å². The van der Waals surface area contributed by atoms with Crippen molar-refractivity contribution in [3.8, 4) is 0 Å². The van der Waals surface area contributed by atoms with Crippen LogP contribution >= 0.6 is 0 Å². The molecular formula is C9H14N2O. The van der Waals surface area contributed by atoms with Crippen LogP contribution in [-0.4, -0.2) is 11.7 Å². The topological polar surface area (TPSA) is 38.1 Å². The van der Waals surface area contributed by atoms with Crippen LogP contribution in [0.3, 0.4) is 0 Å². The first-order valence-electron chi connectivity index (χ1n) is 4.03. The molecule has 3 heteroatoms. The lowest BCUT2D eigenvalue weighted by Crippen LogP contribution is -2.14. The second-order valence-corrected chi connectivity index (χ2v) is 2.86. The maximum absolute atomic E-state index is 4.91. The smallest absolute Gasteiger partial charge is 0.150 e. The van der Waals surface area contributed by atoms with Crippen molar-refractivity contribution in [3.63, 3.8) is 0 Å². The number of aromatic nitrogens is 1. The van der Waals surface area contributed by atoms with Crippen molar-refractivity contribution in [2.24, 2.45) is 0 Å². The van der Waals surface area contributed by atoms with Gasteiger partial charge in [-0.15, -0.1) is 6.58 Å². The third-order valence-corrected chi connectivity index (χ3v) is 1.52. The van der Waals surface area contributed by atoms with Gasteiger partial charge in [0, 0.05) is 6.07 Å². The van der Waals surface area contributed by atoms with Crippen LogP contribution in [0.25, 0.3) is 0 Å². The fourth-order valence-electron chi connectivity index (χ4n) is 0.847. The Hall–Kier alpha value is -1.09. The molecule has 0 aromatic carbocycles. The Bertz CT molecular complexity index is 229.